The van der Waals surface area contributed by atoms with E-state index in [9.17, 15) is 0 Å². The normalized spacial score (nSPS) is 10.9. The average Bonchev–Trinajstić information content (AvgIpc) is 2.85. The minimum atomic E-state index is 0.607. The summed E-state index contributed by atoms with van der Waals surface area (Å²) in [5.74, 6) is 1.54. The van der Waals surface area contributed by atoms with Crippen molar-refractivity contribution in [2.75, 3.05) is 11.9 Å². The van der Waals surface area contributed by atoms with Gasteiger partial charge in [0, 0.05) is 18.9 Å². The van der Waals surface area contributed by atoms with Gasteiger partial charge in [0.25, 0.3) is 0 Å². The van der Waals surface area contributed by atoms with Crippen LogP contribution in [0.15, 0.2) is 36.7 Å². The fourth-order valence-corrected chi connectivity index (χ4v) is 2.15. The van der Waals surface area contributed by atoms with E-state index in [-0.39, 0.29) is 0 Å². The Bertz CT molecular complexity index is 514. The highest BCUT2D eigenvalue weighted by Gasteiger charge is 2.08. The topological polar surface area (TPSA) is 29.9 Å². The van der Waals surface area contributed by atoms with Crippen molar-refractivity contribution >= 4 is 5.95 Å². The summed E-state index contributed by atoms with van der Waals surface area (Å²) in [5, 5.41) is 3.41. The van der Waals surface area contributed by atoms with Gasteiger partial charge >= 0.3 is 0 Å². The van der Waals surface area contributed by atoms with Crippen LogP contribution in [0.5, 0.6) is 0 Å². The molecule has 1 aromatic heterocycles. The summed E-state index contributed by atoms with van der Waals surface area (Å²) in [6.07, 6.45) is 6.13. The lowest BCUT2D eigenvalue weighted by Crippen LogP contribution is -2.12. The second-order valence-corrected chi connectivity index (χ2v) is 5.27. The van der Waals surface area contributed by atoms with Gasteiger partial charge in [-0.15, -0.1) is 0 Å². The van der Waals surface area contributed by atoms with Gasteiger partial charge in [-0.3, -0.25) is 4.57 Å². The van der Waals surface area contributed by atoms with Crippen LogP contribution in [-0.2, 0) is 6.42 Å². The Kier molecular flexibility index (Phi) is 4.61. The molecule has 0 fully saturated rings. The van der Waals surface area contributed by atoms with E-state index < -0.39 is 0 Å². The van der Waals surface area contributed by atoms with Gasteiger partial charge in [0.05, 0.1) is 5.69 Å². The first-order valence-corrected chi connectivity index (χ1v) is 7.08. The van der Waals surface area contributed by atoms with Gasteiger partial charge in [-0.05, 0) is 24.0 Å². The number of imidazole rings is 1. The van der Waals surface area contributed by atoms with E-state index in [2.05, 4.69) is 59.9 Å². The molecule has 1 aromatic carbocycles. The lowest BCUT2D eigenvalue weighted by Gasteiger charge is -2.14. The zero-order chi connectivity index (χ0) is 13.7. The third-order valence-corrected chi connectivity index (χ3v) is 3.08. The van der Waals surface area contributed by atoms with Crippen LogP contribution in [0.2, 0.25) is 0 Å². The first kappa shape index (κ1) is 13.7. The zero-order valence-corrected chi connectivity index (χ0v) is 12.1. The number of anilines is 1. The van der Waals surface area contributed by atoms with E-state index in [4.69, 9.17) is 0 Å². The predicted octanol–water partition coefficient (Wildman–Crippen LogP) is 3.89. The van der Waals surface area contributed by atoms with E-state index in [0.717, 1.165) is 25.3 Å². The predicted molar refractivity (Wildman–Crippen MR) is 80.9 cm³/mol. The van der Waals surface area contributed by atoms with Crippen molar-refractivity contribution in [3.63, 3.8) is 0 Å². The van der Waals surface area contributed by atoms with Gasteiger partial charge in [-0.2, -0.15) is 0 Å². The van der Waals surface area contributed by atoms with Crippen LogP contribution in [0.25, 0.3) is 5.69 Å². The molecular formula is C16H23N3. The molecule has 0 aliphatic heterocycles. The van der Waals surface area contributed by atoms with Crippen molar-refractivity contribution in [2.45, 2.75) is 33.6 Å². The molecule has 0 aliphatic carbocycles. The maximum absolute atomic E-state index is 4.42. The minimum Gasteiger partial charge on any atom is -0.355 e. The third-order valence-electron chi connectivity index (χ3n) is 3.08. The maximum Gasteiger partial charge on any atom is 0.207 e. The standard InChI is InChI=1S/C16H23N3/c1-4-7-14-8-5-6-9-15(14)19-11-10-17-16(19)18-12-13(2)3/h5-6,8-11,13H,4,7,12H2,1-3H3,(H,17,18). The molecule has 1 heterocycles. The number of benzene rings is 1. The van der Waals surface area contributed by atoms with E-state index in [1.165, 1.54) is 11.3 Å². The van der Waals surface area contributed by atoms with E-state index in [0.29, 0.717) is 5.92 Å². The monoisotopic (exact) mass is 257 g/mol. The highest BCUT2D eigenvalue weighted by molar-refractivity contribution is 5.47. The summed E-state index contributed by atoms with van der Waals surface area (Å²) in [6.45, 7) is 7.55. The third kappa shape index (κ3) is 3.37. The summed E-state index contributed by atoms with van der Waals surface area (Å²) in [4.78, 5) is 4.42. The highest BCUT2D eigenvalue weighted by atomic mass is 15.2. The number of aromatic nitrogens is 2. The maximum atomic E-state index is 4.42. The van der Waals surface area contributed by atoms with Crippen LogP contribution >= 0.6 is 0 Å². The molecule has 0 aliphatic rings. The number of rotatable bonds is 6. The van der Waals surface area contributed by atoms with E-state index >= 15 is 0 Å². The second kappa shape index (κ2) is 6.41. The summed E-state index contributed by atoms with van der Waals surface area (Å²) < 4.78 is 2.15. The SMILES string of the molecule is CCCc1ccccc1-n1ccnc1NCC(C)C. The summed E-state index contributed by atoms with van der Waals surface area (Å²) >= 11 is 0. The number of aryl methyl sites for hydroxylation is 1. The van der Waals surface area contributed by atoms with Crippen LogP contribution in [0.1, 0.15) is 32.8 Å². The molecule has 0 spiro atoms. The van der Waals surface area contributed by atoms with E-state index in [1.54, 1.807) is 0 Å². The van der Waals surface area contributed by atoms with Crippen molar-refractivity contribution in [2.24, 2.45) is 5.92 Å². The molecule has 0 unspecified atom stereocenters. The number of nitrogens with one attached hydrogen (secondary N) is 1. The van der Waals surface area contributed by atoms with Crippen molar-refractivity contribution in [3.05, 3.63) is 42.2 Å². The molecule has 0 atom stereocenters. The molecule has 0 amide bonds. The van der Waals surface area contributed by atoms with Gasteiger partial charge in [0.2, 0.25) is 5.95 Å². The Balaban J connectivity index is 2.29. The molecule has 3 nitrogen and oxygen atoms in total. The highest BCUT2D eigenvalue weighted by Crippen LogP contribution is 2.20. The van der Waals surface area contributed by atoms with Crippen molar-refractivity contribution < 1.29 is 0 Å². The van der Waals surface area contributed by atoms with Gasteiger partial charge in [-0.1, -0.05) is 45.4 Å². The van der Waals surface area contributed by atoms with Gasteiger partial charge in [-0.25, -0.2) is 4.98 Å². The lowest BCUT2D eigenvalue weighted by atomic mass is 10.1. The van der Waals surface area contributed by atoms with Crippen molar-refractivity contribution in [1.29, 1.82) is 0 Å². The second-order valence-electron chi connectivity index (χ2n) is 5.27. The first-order valence-electron chi connectivity index (χ1n) is 7.08. The van der Waals surface area contributed by atoms with Crippen LogP contribution in [0.3, 0.4) is 0 Å². The number of hydrogen-bond donors (Lipinski definition) is 1. The number of nitrogens with zero attached hydrogens (tertiary/aromatic N) is 2. The molecule has 2 rings (SSSR count). The molecule has 0 saturated heterocycles. The zero-order valence-electron chi connectivity index (χ0n) is 12.1. The summed E-state index contributed by atoms with van der Waals surface area (Å²) in [7, 11) is 0. The molecule has 2 aromatic rings. The molecule has 1 N–H and O–H groups in total. The fourth-order valence-electron chi connectivity index (χ4n) is 2.15. The molecule has 0 saturated carbocycles. The minimum absolute atomic E-state index is 0.607. The molecular weight excluding hydrogens is 234 g/mol. The molecule has 19 heavy (non-hydrogen) atoms. The molecule has 3 heteroatoms. The van der Waals surface area contributed by atoms with Crippen LogP contribution < -0.4 is 5.32 Å². The first-order chi connectivity index (χ1) is 9.22. The Labute approximate surface area is 115 Å². The van der Waals surface area contributed by atoms with Crippen LogP contribution in [-0.4, -0.2) is 16.1 Å². The largest absolute Gasteiger partial charge is 0.355 e. The van der Waals surface area contributed by atoms with Gasteiger partial charge in [0.1, 0.15) is 0 Å². The quantitative estimate of drug-likeness (QED) is 0.850. The number of hydrogen-bond acceptors (Lipinski definition) is 2. The lowest BCUT2D eigenvalue weighted by molar-refractivity contribution is 0.683. The van der Waals surface area contributed by atoms with Crippen molar-refractivity contribution in [1.82, 2.24) is 9.55 Å². The molecule has 0 radical (unpaired) electrons. The molecule has 0 bridgehead atoms. The van der Waals surface area contributed by atoms with Gasteiger partial charge < -0.3 is 5.32 Å². The van der Waals surface area contributed by atoms with Crippen LogP contribution in [0.4, 0.5) is 5.95 Å². The van der Waals surface area contributed by atoms with Crippen LogP contribution in [0, 0.1) is 5.92 Å². The Hall–Kier alpha value is -1.77. The average molecular weight is 257 g/mol. The smallest absolute Gasteiger partial charge is 0.207 e. The number of para-hydroxylation sites is 1. The summed E-state index contributed by atoms with van der Waals surface area (Å²) in [5.41, 5.74) is 2.60. The fraction of sp³-hybridized carbons (Fsp3) is 0.438. The van der Waals surface area contributed by atoms with E-state index in [1.807, 2.05) is 12.4 Å². The Morgan fingerprint density at radius 2 is 2.05 bits per heavy atom. The summed E-state index contributed by atoms with van der Waals surface area (Å²) in [6, 6.07) is 8.55. The molecule has 102 valence electrons. The van der Waals surface area contributed by atoms with Crippen molar-refractivity contribution in [3.8, 4) is 5.69 Å². The van der Waals surface area contributed by atoms with Gasteiger partial charge in [0.15, 0.2) is 0 Å². The Morgan fingerprint density at radius 3 is 2.79 bits per heavy atom. The Morgan fingerprint density at radius 1 is 1.26 bits per heavy atom.